The third-order valence-corrected chi connectivity index (χ3v) is 6.34. The van der Waals surface area contributed by atoms with E-state index in [0.29, 0.717) is 12.0 Å². The van der Waals surface area contributed by atoms with Gasteiger partial charge in [-0.3, -0.25) is 0 Å². The second-order valence-corrected chi connectivity index (χ2v) is 9.20. The summed E-state index contributed by atoms with van der Waals surface area (Å²) in [5.41, 5.74) is 1.62. The molecule has 0 bridgehead atoms. The number of aryl methyl sites for hydroxylation is 1. The first-order valence-electron chi connectivity index (χ1n) is 11.0. The number of hydrogen-bond acceptors (Lipinski definition) is 3. The first-order chi connectivity index (χ1) is 13.0. The van der Waals surface area contributed by atoms with Gasteiger partial charge in [0.2, 0.25) is 0 Å². The fraction of sp³-hybridized carbons (Fsp3) is 0.739. The quantitative estimate of drug-likeness (QED) is 0.232. The van der Waals surface area contributed by atoms with Gasteiger partial charge in [-0.15, -0.1) is 0 Å². The molecular weight excluding hydrogens is 379 g/mol. The largest absolute Gasteiger partial charge is 1.00 e. The molecule has 1 rings (SSSR count). The Hall–Kier alpha value is 0.130. The van der Waals surface area contributed by atoms with Crippen LogP contribution >= 0.6 is 0 Å². The molecule has 0 aromatic heterocycles. The maximum Gasteiger partial charge on any atom is 1.00 e. The van der Waals surface area contributed by atoms with Crippen LogP contribution in [0.3, 0.4) is 0 Å². The van der Waals surface area contributed by atoms with E-state index in [9.17, 15) is 13.0 Å². The maximum absolute atomic E-state index is 11.4. The number of rotatable bonds is 16. The first-order valence-corrected chi connectivity index (χ1v) is 12.4. The molecule has 0 unspecified atom stereocenters. The normalized spacial score (nSPS) is 11.4. The van der Waals surface area contributed by atoms with Gasteiger partial charge in [0, 0.05) is 0 Å². The van der Waals surface area contributed by atoms with Gasteiger partial charge in [0.05, 0.1) is 4.90 Å². The Morgan fingerprint density at radius 3 is 1.61 bits per heavy atom. The number of benzene rings is 1. The summed E-state index contributed by atoms with van der Waals surface area (Å²) >= 11 is 0. The van der Waals surface area contributed by atoms with Crippen LogP contribution in [0.4, 0.5) is 0 Å². The van der Waals surface area contributed by atoms with Crippen LogP contribution in [0.2, 0.25) is 0 Å². The van der Waals surface area contributed by atoms with Crippen molar-refractivity contribution in [3.63, 3.8) is 0 Å². The molecule has 0 amide bonds. The standard InChI is InChI=1S/C23H40O3S.Na/c1-3-4-5-6-7-8-9-10-11-12-13-14-15-16-19-22-21(2)18-17-20-23(22)27(24,25)26;/h17-18,20H,3-16,19H2,1-2H3,(H,24,25,26);/q;+1/p-1. The molecule has 0 N–H and O–H groups in total. The average Bonchev–Trinajstić information content (AvgIpc) is 2.62. The van der Waals surface area contributed by atoms with Crippen molar-refractivity contribution in [2.45, 2.75) is 115 Å². The summed E-state index contributed by atoms with van der Waals surface area (Å²) in [6, 6.07) is 4.97. The SMILES string of the molecule is CCCCCCCCCCCCCCCCc1c(C)cccc1S(=O)(=O)[O-].[Na+]. The molecular formula is C23H39NaO3S. The third kappa shape index (κ3) is 12.6. The molecule has 0 radical (unpaired) electrons. The van der Waals surface area contributed by atoms with Gasteiger partial charge in [0.1, 0.15) is 10.1 Å². The molecule has 0 aliphatic carbocycles. The van der Waals surface area contributed by atoms with E-state index in [1.807, 2.05) is 13.0 Å². The third-order valence-electron chi connectivity index (χ3n) is 5.42. The molecule has 5 heteroatoms. The van der Waals surface area contributed by atoms with Crippen molar-refractivity contribution in [2.24, 2.45) is 0 Å². The summed E-state index contributed by atoms with van der Waals surface area (Å²) in [6.07, 6.45) is 18.9. The van der Waals surface area contributed by atoms with E-state index in [0.717, 1.165) is 18.4 Å². The van der Waals surface area contributed by atoms with Crippen LogP contribution in [0.1, 0.15) is 108 Å². The van der Waals surface area contributed by atoms with Crippen molar-refractivity contribution in [1.82, 2.24) is 0 Å². The van der Waals surface area contributed by atoms with Crippen LogP contribution in [0.25, 0.3) is 0 Å². The summed E-state index contributed by atoms with van der Waals surface area (Å²) in [4.78, 5) is -0.0304. The van der Waals surface area contributed by atoms with Crippen molar-refractivity contribution in [2.75, 3.05) is 0 Å². The molecule has 0 fully saturated rings. The van der Waals surface area contributed by atoms with Crippen LogP contribution in [-0.2, 0) is 16.5 Å². The molecule has 156 valence electrons. The number of hydrogen-bond donors (Lipinski definition) is 0. The summed E-state index contributed by atoms with van der Waals surface area (Å²) in [6.45, 7) is 4.14. The van der Waals surface area contributed by atoms with E-state index < -0.39 is 10.1 Å². The zero-order valence-corrected chi connectivity index (χ0v) is 21.3. The average molecular weight is 419 g/mol. The topological polar surface area (TPSA) is 57.2 Å². The molecule has 0 spiro atoms. The Balaban J connectivity index is 0.00000729. The van der Waals surface area contributed by atoms with E-state index >= 15 is 0 Å². The minimum absolute atomic E-state index is 0. The van der Waals surface area contributed by atoms with Gasteiger partial charge in [-0.25, -0.2) is 8.42 Å². The minimum Gasteiger partial charge on any atom is -0.744 e. The van der Waals surface area contributed by atoms with Crippen LogP contribution in [0, 0.1) is 6.92 Å². The van der Waals surface area contributed by atoms with E-state index in [4.69, 9.17) is 0 Å². The zero-order valence-electron chi connectivity index (χ0n) is 18.5. The van der Waals surface area contributed by atoms with E-state index in [2.05, 4.69) is 6.92 Å². The molecule has 3 nitrogen and oxygen atoms in total. The van der Waals surface area contributed by atoms with Crippen LogP contribution in [0.15, 0.2) is 23.1 Å². The van der Waals surface area contributed by atoms with Gasteiger partial charge in [0.15, 0.2) is 0 Å². The van der Waals surface area contributed by atoms with E-state index in [1.165, 1.54) is 83.1 Å². The molecule has 28 heavy (non-hydrogen) atoms. The second kappa shape index (κ2) is 16.9. The Morgan fingerprint density at radius 1 is 0.750 bits per heavy atom. The van der Waals surface area contributed by atoms with Gasteiger partial charge in [-0.2, -0.15) is 0 Å². The summed E-state index contributed by atoms with van der Waals surface area (Å²) < 4.78 is 34.2. The molecule has 0 saturated heterocycles. The van der Waals surface area contributed by atoms with Crippen LogP contribution < -0.4 is 29.6 Å². The molecule has 1 aromatic rings. The van der Waals surface area contributed by atoms with Crippen molar-refractivity contribution >= 4 is 10.1 Å². The Kier molecular flexibility index (Phi) is 17.0. The van der Waals surface area contributed by atoms with E-state index in [1.54, 1.807) is 6.07 Å². The predicted octanol–water partition coefficient (Wildman–Crippen LogP) is 3.93. The van der Waals surface area contributed by atoms with Crippen molar-refractivity contribution in [3.8, 4) is 0 Å². The van der Waals surface area contributed by atoms with Gasteiger partial charge < -0.3 is 4.55 Å². The minimum atomic E-state index is -4.38. The van der Waals surface area contributed by atoms with Gasteiger partial charge >= 0.3 is 29.6 Å². The van der Waals surface area contributed by atoms with E-state index in [-0.39, 0.29) is 34.5 Å². The Morgan fingerprint density at radius 2 is 1.18 bits per heavy atom. The molecule has 0 atom stereocenters. The maximum atomic E-state index is 11.4. The zero-order chi connectivity index (χ0) is 20.0. The van der Waals surface area contributed by atoms with Crippen molar-refractivity contribution in [1.29, 1.82) is 0 Å². The molecule has 0 heterocycles. The Labute approximate surface area is 196 Å². The van der Waals surface area contributed by atoms with Crippen molar-refractivity contribution in [3.05, 3.63) is 29.3 Å². The predicted molar refractivity (Wildman–Crippen MR) is 113 cm³/mol. The molecule has 1 aromatic carbocycles. The fourth-order valence-electron chi connectivity index (χ4n) is 3.73. The first kappa shape index (κ1) is 28.1. The molecule has 0 aliphatic heterocycles. The smallest absolute Gasteiger partial charge is 0.744 e. The van der Waals surface area contributed by atoms with Crippen molar-refractivity contribution < 1.29 is 42.5 Å². The molecule has 0 aliphatic rings. The van der Waals surface area contributed by atoms with Gasteiger partial charge in [0.25, 0.3) is 0 Å². The van der Waals surface area contributed by atoms with Crippen LogP contribution in [-0.4, -0.2) is 13.0 Å². The Bertz CT molecular complexity index is 614. The van der Waals surface area contributed by atoms with Crippen LogP contribution in [0.5, 0.6) is 0 Å². The summed E-state index contributed by atoms with van der Waals surface area (Å²) in [7, 11) is -4.38. The number of unbranched alkanes of at least 4 members (excludes halogenated alkanes) is 13. The second-order valence-electron chi connectivity index (χ2n) is 7.85. The fourth-order valence-corrected chi connectivity index (χ4v) is 4.54. The van der Waals surface area contributed by atoms with Gasteiger partial charge in [-0.1, -0.05) is 103 Å². The molecule has 0 saturated carbocycles. The summed E-state index contributed by atoms with van der Waals surface area (Å²) in [5.74, 6) is 0. The summed E-state index contributed by atoms with van der Waals surface area (Å²) in [5, 5.41) is 0. The monoisotopic (exact) mass is 418 g/mol. The van der Waals surface area contributed by atoms with Gasteiger partial charge in [-0.05, 0) is 37.0 Å².